The molecule has 0 unspecified atom stereocenters. The summed E-state index contributed by atoms with van der Waals surface area (Å²) in [5, 5.41) is 4.87. The molecule has 4 N–H and O–H groups in total. The molecule has 0 saturated carbocycles. The van der Waals surface area contributed by atoms with Gasteiger partial charge in [-0.1, -0.05) is 0 Å². The highest BCUT2D eigenvalue weighted by Crippen LogP contribution is 2.27. The van der Waals surface area contributed by atoms with Crippen molar-refractivity contribution in [3.05, 3.63) is 10.9 Å². The summed E-state index contributed by atoms with van der Waals surface area (Å²) >= 11 is 1.08. The molecule has 0 amide bonds. The number of primary sulfonamides is 1. The topological polar surface area (TPSA) is 86.2 Å². The third kappa shape index (κ3) is 1.70. The molecule has 0 atom stereocenters. The van der Waals surface area contributed by atoms with Crippen molar-refractivity contribution < 1.29 is 8.42 Å². The molecule has 0 bridgehead atoms. The number of hydrogen-bond donors (Lipinski definition) is 2. The molecule has 0 aromatic carbocycles. The second-order valence-corrected chi connectivity index (χ2v) is 5.16. The van der Waals surface area contributed by atoms with Crippen molar-refractivity contribution in [3.8, 4) is 0 Å². The van der Waals surface area contributed by atoms with Crippen molar-refractivity contribution >= 4 is 27.0 Å². The molecular weight excluding hydrogens is 184 g/mol. The Morgan fingerprint density at radius 2 is 2.09 bits per heavy atom. The van der Waals surface area contributed by atoms with Gasteiger partial charge in [0.25, 0.3) is 0 Å². The highest BCUT2D eigenvalue weighted by Gasteiger charge is 2.14. The largest absolute Gasteiger partial charge is 0.397 e. The van der Waals surface area contributed by atoms with E-state index < -0.39 is 10.0 Å². The van der Waals surface area contributed by atoms with E-state index in [4.69, 9.17) is 10.9 Å². The maximum absolute atomic E-state index is 10.8. The molecule has 0 spiro atoms. The summed E-state index contributed by atoms with van der Waals surface area (Å²) in [6.45, 7) is 1.77. The molecule has 1 rings (SSSR count). The third-order valence-corrected chi connectivity index (χ3v) is 3.67. The quantitative estimate of drug-likeness (QED) is 0.670. The van der Waals surface area contributed by atoms with Crippen molar-refractivity contribution in [2.75, 3.05) is 5.73 Å². The Kier molecular flexibility index (Phi) is 1.91. The lowest BCUT2D eigenvalue weighted by molar-refractivity contribution is 0.600. The number of sulfonamides is 1. The minimum atomic E-state index is -3.62. The van der Waals surface area contributed by atoms with Crippen molar-refractivity contribution in [1.29, 1.82) is 0 Å². The fraction of sp³-hybridized carbons (Fsp3) is 0.200. The van der Waals surface area contributed by atoms with Gasteiger partial charge < -0.3 is 5.73 Å². The highest BCUT2D eigenvalue weighted by molar-refractivity contribution is 7.91. The lowest BCUT2D eigenvalue weighted by Crippen LogP contribution is -2.11. The van der Waals surface area contributed by atoms with E-state index in [-0.39, 0.29) is 9.90 Å². The van der Waals surface area contributed by atoms with Gasteiger partial charge in [0.15, 0.2) is 4.21 Å². The smallest absolute Gasteiger partial charge is 0.249 e. The predicted molar refractivity (Wildman–Crippen MR) is 44.8 cm³/mol. The lowest BCUT2D eigenvalue weighted by Gasteiger charge is -1.92. The van der Waals surface area contributed by atoms with Crippen LogP contribution in [0.25, 0.3) is 0 Å². The van der Waals surface area contributed by atoms with Gasteiger partial charge in [0.2, 0.25) is 10.0 Å². The van der Waals surface area contributed by atoms with Crippen LogP contribution in [0.3, 0.4) is 0 Å². The first kappa shape index (κ1) is 8.51. The average molecular weight is 192 g/mol. The lowest BCUT2D eigenvalue weighted by atomic mass is 10.5. The number of nitrogens with two attached hydrogens (primary N) is 2. The molecule has 1 aromatic rings. The fourth-order valence-electron chi connectivity index (χ4n) is 0.735. The first-order valence-electron chi connectivity index (χ1n) is 2.80. The Morgan fingerprint density at radius 1 is 1.55 bits per heavy atom. The molecule has 0 aliphatic carbocycles. The standard InChI is InChI=1S/C5H8N2O2S2/c1-3-2-4(6)5(10-3)11(7,8)9/h2H,6H2,1H3,(H2,7,8,9). The first-order valence-corrected chi connectivity index (χ1v) is 5.16. The molecular formula is C5H8N2O2S2. The average Bonchev–Trinajstić information content (AvgIpc) is 2.08. The van der Waals surface area contributed by atoms with Gasteiger partial charge >= 0.3 is 0 Å². The second kappa shape index (κ2) is 2.47. The van der Waals surface area contributed by atoms with Crippen molar-refractivity contribution in [2.24, 2.45) is 5.14 Å². The maximum Gasteiger partial charge on any atom is 0.249 e. The van der Waals surface area contributed by atoms with E-state index in [1.165, 1.54) is 0 Å². The van der Waals surface area contributed by atoms with Gasteiger partial charge in [0, 0.05) is 4.88 Å². The summed E-state index contributed by atoms with van der Waals surface area (Å²) < 4.78 is 21.6. The molecule has 1 heterocycles. The number of hydrogen-bond acceptors (Lipinski definition) is 4. The SMILES string of the molecule is Cc1cc(N)c(S(N)(=O)=O)s1. The van der Waals surface area contributed by atoms with Crippen LogP contribution in [-0.4, -0.2) is 8.42 Å². The monoisotopic (exact) mass is 192 g/mol. The van der Waals surface area contributed by atoms with Crippen molar-refractivity contribution in [1.82, 2.24) is 0 Å². The summed E-state index contributed by atoms with van der Waals surface area (Å²) in [5.41, 5.74) is 5.61. The van der Waals surface area contributed by atoms with Crippen LogP contribution in [-0.2, 0) is 10.0 Å². The van der Waals surface area contributed by atoms with Crippen molar-refractivity contribution in [3.63, 3.8) is 0 Å². The van der Waals surface area contributed by atoms with E-state index >= 15 is 0 Å². The zero-order valence-electron chi connectivity index (χ0n) is 5.87. The Hall–Kier alpha value is -0.590. The number of rotatable bonds is 1. The molecule has 4 nitrogen and oxygen atoms in total. The molecule has 6 heteroatoms. The molecule has 0 saturated heterocycles. The van der Waals surface area contributed by atoms with Crippen LogP contribution in [0.5, 0.6) is 0 Å². The molecule has 62 valence electrons. The predicted octanol–water partition coefficient (Wildman–Crippen LogP) is 0.286. The van der Waals surface area contributed by atoms with Gasteiger partial charge in [0.05, 0.1) is 5.69 Å². The number of aryl methyl sites for hydroxylation is 1. The Labute approximate surface area is 68.9 Å². The molecule has 0 aliphatic rings. The Balaban J connectivity index is 3.36. The number of anilines is 1. The van der Waals surface area contributed by atoms with Gasteiger partial charge in [0.1, 0.15) is 0 Å². The second-order valence-electron chi connectivity index (χ2n) is 2.14. The molecule has 1 aromatic heterocycles. The molecule has 0 radical (unpaired) electrons. The summed E-state index contributed by atoms with van der Waals surface area (Å²) in [4.78, 5) is 0.839. The minimum Gasteiger partial charge on any atom is -0.397 e. The van der Waals surface area contributed by atoms with E-state index in [0.717, 1.165) is 16.2 Å². The molecule has 11 heavy (non-hydrogen) atoms. The van der Waals surface area contributed by atoms with E-state index in [9.17, 15) is 8.42 Å². The van der Waals surface area contributed by atoms with Crippen LogP contribution in [0.2, 0.25) is 0 Å². The Morgan fingerprint density at radius 3 is 2.27 bits per heavy atom. The van der Waals surface area contributed by atoms with Gasteiger partial charge in [-0.2, -0.15) is 0 Å². The first-order chi connectivity index (χ1) is 4.91. The number of nitrogen functional groups attached to an aromatic ring is 1. The Bertz CT molecular complexity index is 366. The van der Waals surface area contributed by atoms with E-state index in [0.29, 0.717) is 0 Å². The summed E-state index contributed by atoms with van der Waals surface area (Å²) in [7, 11) is -3.62. The van der Waals surface area contributed by atoms with Crippen LogP contribution < -0.4 is 10.9 Å². The van der Waals surface area contributed by atoms with E-state index in [1.54, 1.807) is 13.0 Å². The summed E-state index contributed by atoms with van der Waals surface area (Å²) in [6.07, 6.45) is 0. The van der Waals surface area contributed by atoms with Crippen molar-refractivity contribution in [2.45, 2.75) is 11.1 Å². The highest BCUT2D eigenvalue weighted by atomic mass is 32.2. The van der Waals surface area contributed by atoms with Crippen LogP contribution in [0, 0.1) is 6.92 Å². The van der Waals surface area contributed by atoms with Crippen LogP contribution in [0.4, 0.5) is 5.69 Å². The number of thiophene rings is 1. The zero-order valence-corrected chi connectivity index (χ0v) is 7.50. The summed E-state index contributed by atoms with van der Waals surface area (Å²) in [6, 6.07) is 1.59. The van der Waals surface area contributed by atoms with Gasteiger partial charge in [-0.3, -0.25) is 0 Å². The molecule has 0 fully saturated rings. The van der Waals surface area contributed by atoms with Gasteiger partial charge in [-0.25, -0.2) is 13.6 Å². The van der Waals surface area contributed by atoms with Crippen LogP contribution >= 0.6 is 11.3 Å². The summed E-state index contributed by atoms with van der Waals surface area (Å²) in [5.74, 6) is 0. The zero-order chi connectivity index (χ0) is 8.65. The van der Waals surface area contributed by atoms with Crippen LogP contribution in [0.15, 0.2) is 10.3 Å². The van der Waals surface area contributed by atoms with E-state index in [1.807, 2.05) is 0 Å². The van der Waals surface area contributed by atoms with Crippen LogP contribution in [0.1, 0.15) is 4.88 Å². The normalized spacial score (nSPS) is 11.8. The minimum absolute atomic E-state index is 0.0509. The van der Waals surface area contributed by atoms with Gasteiger partial charge in [-0.15, -0.1) is 11.3 Å². The molecule has 0 aliphatic heterocycles. The maximum atomic E-state index is 10.8. The fourth-order valence-corrected chi connectivity index (χ4v) is 2.64. The van der Waals surface area contributed by atoms with E-state index in [2.05, 4.69) is 0 Å². The van der Waals surface area contributed by atoms with Gasteiger partial charge in [-0.05, 0) is 13.0 Å². The third-order valence-electron chi connectivity index (χ3n) is 1.11.